The Morgan fingerprint density at radius 3 is 2.16 bits per heavy atom. The molecule has 1 N–H and O–H groups in total. The molecule has 1 amide bonds. The molecule has 2 aromatic rings. The van der Waals surface area contributed by atoms with Gasteiger partial charge in [0.1, 0.15) is 19.3 Å². The van der Waals surface area contributed by atoms with Crippen LogP contribution in [0.2, 0.25) is 0 Å². The van der Waals surface area contributed by atoms with E-state index in [1.165, 1.54) is 6.07 Å². The molecule has 3 rings (SSSR count). The fourth-order valence-electron chi connectivity index (χ4n) is 2.72. The number of aromatic nitrogens is 1. The van der Waals surface area contributed by atoms with E-state index < -0.39 is 11.7 Å². The first-order valence-corrected chi connectivity index (χ1v) is 8.52. The normalized spacial score (nSPS) is 15.4. The summed E-state index contributed by atoms with van der Waals surface area (Å²) in [6, 6.07) is 9.66. The molecule has 0 spiro atoms. The van der Waals surface area contributed by atoms with Crippen molar-refractivity contribution in [1.29, 1.82) is 0 Å². The van der Waals surface area contributed by atoms with Crippen molar-refractivity contribution < 1.29 is 22.9 Å². The number of benzene rings is 1. The molecule has 1 aliphatic heterocycles. The van der Waals surface area contributed by atoms with Gasteiger partial charge < -0.3 is 4.90 Å². The number of H-pyrrole nitrogens is 1. The topological polar surface area (TPSA) is 37.7 Å². The lowest BCUT2D eigenvalue weighted by atomic mass is 10.2. The molecule has 25 heavy (non-hydrogen) atoms. The number of hydrogen-bond donors (Lipinski definition) is 0. The molecule has 4 nitrogen and oxygen atoms in total. The summed E-state index contributed by atoms with van der Waals surface area (Å²) in [5.41, 5.74) is -0.0851. The van der Waals surface area contributed by atoms with Crippen molar-refractivity contribution in [3.8, 4) is 0 Å². The third-order valence-electron chi connectivity index (χ3n) is 4.12. The Morgan fingerprint density at radius 2 is 1.64 bits per heavy atom. The number of nitrogens with zero attached hydrogens (tertiary/aromatic N) is 2. The third kappa shape index (κ3) is 4.12. The van der Waals surface area contributed by atoms with Crippen LogP contribution in [0.5, 0.6) is 0 Å². The largest absolute Gasteiger partial charge is 0.419 e. The number of piperazine rings is 1. The van der Waals surface area contributed by atoms with Gasteiger partial charge in [-0.1, -0.05) is 15.9 Å². The van der Waals surface area contributed by atoms with Gasteiger partial charge in [0.15, 0.2) is 0 Å². The molecule has 1 aliphatic rings. The average molecular weight is 415 g/mol. The standard InChI is InChI=1S/C17H15BrF3N3O/c18-14-4-1-12(2-5-14)16(25)24-9-7-23(8-10-24)15-6-3-13(11-22-15)17(19,20)21/h1-6,11H,7-10H2/p+1. The van der Waals surface area contributed by atoms with Crippen molar-refractivity contribution in [3.63, 3.8) is 0 Å². The van der Waals surface area contributed by atoms with Crippen molar-refractivity contribution in [2.75, 3.05) is 31.1 Å². The number of pyridine rings is 1. The highest BCUT2D eigenvalue weighted by Crippen LogP contribution is 2.28. The Balaban J connectivity index is 1.61. The molecule has 8 heteroatoms. The van der Waals surface area contributed by atoms with Gasteiger partial charge >= 0.3 is 6.18 Å². The van der Waals surface area contributed by atoms with Gasteiger partial charge in [0, 0.05) is 16.1 Å². The number of amides is 1. The van der Waals surface area contributed by atoms with E-state index in [4.69, 9.17) is 0 Å². The minimum atomic E-state index is -4.36. The van der Waals surface area contributed by atoms with Gasteiger partial charge in [-0.3, -0.25) is 9.69 Å². The van der Waals surface area contributed by atoms with Crippen LogP contribution in [0.3, 0.4) is 0 Å². The van der Waals surface area contributed by atoms with Crippen LogP contribution in [-0.2, 0) is 6.18 Å². The van der Waals surface area contributed by atoms with Gasteiger partial charge in [-0.2, -0.15) is 13.2 Å². The summed E-state index contributed by atoms with van der Waals surface area (Å²) in [6.45, 7) is 2.15. The Morgan fingerprint density at radius 1 is 1.00 bits per heavy atom. The smallest absolute Gasteiger partial charge is 0.331 e. The fraction of sp³-hybridized carbons (Fsp3) is 0.294. The lowest BCUT2D eigenvalue weighted by molar-refractivity contribution is -0.367. The molecule has 1 fully saturated rings. The Kier molecular flexibility index (Phi) is 4.99. The summed E-state index contributed by atoms with van der Waals surface area (Å²) >= 11 is 3.34. The van der Waals surface area contributed by atoms with Crippen LogP contribution in [0.25, 0.3) is 0 Å². The second-order valence-corrected chi connectivity index (χ2v) is 6.66. The second-order valence-electron chi connectivity index (χ2n) is 5.75. The summed E-state index contributed by atoms with van der Waals surface area (Å²) in [6.07, 6.45) is -3.39. The first kappa shape index (κ1) is 17.7. The Hall–Kier alpha value is -2.09. The van der Waals surface area contributed by atoms with Crippen LogP contribution in [0.15, 0.2) is 47.1 Å². The van der Waals surface area contributed by atoms with Crippen molar-refractivity contribution in [2.24, 2.45) is 0 Å². The zero-order valence-electron chi connectivity index (χ0n) is 13.2. The number of hydrogen-bond acceptors (Lipinski definition) is 2. The lowest BCUT2D eigenvalue weighted by Gasteiger charge is -2.31. The number of aromatic amines is 1. The third-order valence-corrected chi connectivity index (χ3v) is 4.65. The SMILES string of the molecule is O=C(c1ccc(Br)cc1)N1CCN(c2ccc(C(F)(F)F)c[nH+]2)CC1. The van der Waals surface area contributed by atoms with E-state index in [1.807, 2.05) is 17.0 Å². The van der Waals surface area contributed by atoms with Crippen LogP contribution in [0.1, 0.15) is 15.9 Å². The predicted molar refractivity (Wildman–Crippen MR) is 90.3 cm³/mol. The molecule has 1 saturated heterocycles. The minimum absolute atomic E-state index is 0.0384. The number of anilines is 1. The molecule has 0 saturated carbocycles. The van der Waals surface area contributed by atoms with Crippen LogP contribution < -0.4 is 9.88 Å². The van der Waals surface area contributed by atoms with Gasteiger partial charge in [-0.15, -0.1) is 0 Å². The quantitative estimate of drug-likeness (QED) is 0.756. The van der Waals surface area contributed by atoms with Crippen molar-refractivity contribution in [1.82, 2.24) is 4.90 Å². The first-order chi connectivity index (χ1) is 11.8. The van der Waals surface area contributed by atoms with Gasteiger partial charge in [-0.25, -0.2) is 4.98 Å². The number of alkyl halides is 3. The highest BCUT2D eigenvalue weighted by Gasteiger charge is 2.33. The maximum atomic E-state index is 12.6. The average Bonchev–Trinajstić information content (AvgIpc) is 2.61. The minimum Gasteiger partial charge on any atom is -0.331 e. The van der Waals surface area contributed by atoms with Gasteiger partial charge in [0.05, 0.1) is 18.7 Å². The van der Waals surface area contributed by atoms with E-state index in [0.29, 0.717) is 37.6 Å². The van der Waals surface area contributed by atoms with Gasteiger partial charge in [0.2, 0.25) is 0 Å². The summed E-state index contributed by atoms with van der Waals surface area (Å²) in [5.74, 6) is 0.576. The van der Waals surface area contributed by atoms with Crippen LogP contribution in [0.4, 0.5) is 19.0 Å². The molecule has 2 heterocycles. The molecule has 1 aromatic carbocycles. The summed E-state index contributed by atoms with van der Waals surface area (Å²) in [5, 5.41) is 0. The van der Waals surface area contributed by atoms with E-state index >= 15 is 0 Å². The number of carbonyl (C=O) groups is 1. The molecule has 0 unspecified atom stereocenters. The molecular weight excluding hydrogens is 399 g/mol. The van der Waals surface area contributed by atoms with E-state index in [9.17, 15) is 18.0 Å². The second kappa shape index (κ2) is 7.03. The molecule has 0 radical (unpaired) electrons. The molecule has 0 atom stereocenters. The predicted octanol–water partition coefficient (Wildman–Crippen LogP) is 3.24. The summed E-state index contributed by atoms with van der Waals surface area (Å²) in [7, 11) is 0. The zero-order valence-corrected chi connectivity index (χ0v) is 14.8. The van der Waals surface area contributed by atoms with Gasteiger partial charge in [-0.05, 0) is 30.3 Å². The highest BCUT2D eigenvalue weighted by atomic mass is 79.9. The van der Waals surface area contributed by atoms with E-state index in [-0.39, 0.29) is 5.91 Å². The highest BCUT2D eigenvalue weighted by molar-refractivity contribution is 9.10. The maximum Gasteiger partial charge on any atom is 0.419 e. The van der Waals surface area contributed by atoms with Crippen LogP contribution >= 0.6 is 15.9 Å². The Bertz CT molecular complexity index is 739. The van der Waals surface area contributed by atoms with Crippen molar-refractivity contribution in [2.45, 2.75) is 6.18 Å². The lowest BCUT2D eigenvalue weighted by Crippen LogP contribution is -2.50. The summed E-state index contributed by atoms with van der Waals surface area (Å²) < 4.78 is 38.7. The number of carbonyl (C=O) groups excluding carboxylic acids is 1. The van der Waals surface area contributed by atoms with E-state index in [2.05, 4.69) is 20.9 Å². The van der Waals surface area contributed by atoms with Gasteiger partial charge in [0.25, 0.3) is 11.7 Å². The van der Waals surface area contributed by atoms with E-state index in [0.717, 1.165) is 16.7 Å². The number of nitrogens with one attached hydrogen (secondary N) is 1. The maximum absolute atomic E-state index is 12.6. The first-order valence-electron chi connectivity index (χ1n) is 7.73. The Labute approximate surface area is 151 Å². The molecular formula is C17H16BrF3N3O+. The molecule has 1 aromatic heterocycles. The fourth-order valence-corrected chi connectivity index (χ4v) is 2.98. The summed E-state index contributed by atoms with van der Waals surface area (Å²) in [4.78, 5) is 18.9. The van der Waals surface area contributed by atoms with Crippen molar-refractivity contribution >= 4 is 27.7 Å². The van der Waals surface area contributed by atoms with Crippen LogP contribution in [0, 0.1) is 0 Å². The monoisotopic (exact) mass is 414 g/mol. The van der Waals surface area contributed by atoms with E-state index in [1.54, 1.807) is 17.0 Å². The zero-order chi connectivity index (χ0) is 18.0. The molecule has 0 bridgehead atoms. The van der Waals surface area contributed by atoms with Crippen LogP contribution in [-0.4, -0.2) is 37.0 Å². The number of rotatable bonds is 2. The molecule has 0 aliphatic carbocycles. The number of halogens is 4. The van der Waals surface area contributed by atoms with Crippen molar-refractivity contribution in [3.05, 3.63) is 58.2 Å². The molecule has 132 valence electrons.